The van der Waals surface area contributed by atoms with E-state index < -0.39 is 10.8 Å². The van der Waals surface area contributed by atoms with Crippen molar-refractivity contribution in [1.29, 1.82) is 0 Å². The first-order valence-electron chi connectivity index (χ1n) is 8.48. The van der Waals surface area contributed by atoms with E-state index in [4.69, 9.17) is 28.2 Å². The highest BCUT2D eigenvalue weighted by atomic mass is 35.5. The predicted octanol–water partition coefficient (Wildman–Crippen LogP) is 7.19. The summed E-state index contributed by atoms with van der Waals surface area (Å²) in [5.41, 5.74) is 3.79. The van der Waals surface area contributed by atoms with Gasteiger partial charge in [-0.3, -0.25) is 4.21 Å². The number of benzene rings is 3. The van der Waals surface area contributed by atoms with Crippen molar-refractivity contribution in [2.45, 2.75) is 4.90 Å². The van der Waals surface area contributed by atoms with Crippen LogP contribution in [0.5, 0.6) is 0 Å². The van der Waals surface area contributed by atoms with Gasteiger partial charge >= 0.3 is 0 Å². The van der Waals surface area contributed by atoms with E-state index in [2.05, 4.69) is 0 Å². The average molecular weight is 444 g/mol. The van der Waals surface area contributed by atoms with Gasteiger partial charge in [-0.2, -0.15) is 0 Å². The topological polar surface area (TPSA) is 30.0 Å². The van der Waals surface area contributed by atoms with E-state index in [-0.39, 0.29) is 0 Å². The van der Waals surface area contributed by atoms with Crippen molar-refractivity contribution in [1.82, 2.24) is 4.98 Å². The molecule has 1 heterocycles. The molecule has 0 N–H and O–H groups in total. The molecule has 0 bridgehead atoms. The van der Waals surface area contributed by atoms with Crippen LogP contribution in [0.2, 0.25) is 10.0 Å². The Morgan fingerprint density at radius 1 is 0.857 bits per heavy atom. The van der Waals surface area contributed by atoms with E-state index in [9.17, 15) is 4.21 Å². The highest BCUT2D eigenvalue weighted by Gasteiger charge is 2.17. The van der Waals surface area contributed by atoms with Crippen LogP contribution in [0.4, 0.5) is 0 Å². The van der Waals surface area contributed by atoms with Gasteiger partial charge in [0.1, 0.15) is 5.01 Å². The summed E-state index contributed by atoms with van der Waals surface area (Å²) in [4.78, 5) is 6.74. The molecule has 0 saturated heterocycles. The van der Waals surface area contributed by atoms with Crippen LogP contribution in [0, 0.1) is 0 Å². The lowest BCUT2D eigenvalue weighted by molar-refractivity contribution is 0.687. The van der Waals surface area contributed by atoms with Crippen LogP contribution >= 0.6 is 34.5 Å². The zero-order chi connectivity index (χ0) is 19.7. The summed E-state index contributed by atoms with van der Waals surface area (Å²) in [6, 6.07) is 23.1. The maximum Gasteiger partial charge on any atom is 0.126 e. The molecule has 2 nitrogen and oxygen atoms in total. The van der Waals surface area contributed by atoms with Crippen LogP contribution in [-0.2, 0) is 10.8 Å². The summed E-state index contributed by atoms with van der Waals surface area (Å²) in [5.74, 6) is 0. The SMILES string of the molecule is CS(=O)c1ccc(-c2sc(-c3ccccc3Cl)nc2-c2ccc(Cl)cc2)cc1. The number of hydrogen-bond acceptors (Lipinski definition) is 3. The van der Waals surface area contributed by atoms with Crippen molar-refractivity contribution >= 4 is 45.3 Å². The van der Waals surface area contributed by atoms with Gasteiger partial charge in [-0.05, 0) is 35.9 Å². The Hall–Kier alpha value is -1.98. The van der Waals surface area contributed by atoms with Gasteiger partial charge < -0.3 is 0 Å². The number of nitrogens with zero attached hydrogens (tertiary/aromatic N) is 1. The van der Waals surface area contributed by atoms with Gasteiger partial charge in [0.15, 0.2) is 0 Å². The molecular formula is C22H15Cl2NOS2. The van der Waals surface area contributed by atoms with Crippen LogP contribution in [0.3, 0.4) is 0 Å². The van der Waals surface area contributed by atoms with Gasteiger partial charge in [-0.1, -0.05) is 65.7 Å². The first kappa shape index (κ1) is 19.3. The Bertz CT molecular complexity index is 1150. The maximum absolute atomic E-state index is 11.7. The third kappa shape index (κ3) is 3.91. The van der Waals surface area contributed by atoms with Gasteiger partial charge in [-0.15, -0.1) is 11.3 Å². The molecule has 0 aliphatic carbocycles. The van der Waals surface area contributed by atoms with Crippen molar-refractivity contribution < 1.29 is 4.21 Å². The Kier molecular flexibility index (Phi) is 5.65. The zero-order valence-electron chi connectivity index (χ0n) is 14.9. The van der Waals surface area contributed by atoms with Crippen molar-refractivity contribution in [3.63, 3.8) is 0 Å². The van der Waals surface area contributed by atoms with Crippen LogP contribution in [-0.4, -0.2) is 15.4 Å². The minimum Gasteiger partial charge on any atom is -0.255 e. The van der Waals surface area contributed by atoms with E-state index >= 15 is 0 Å². The summed E-state index contributed by atoms with van der Waals surface area (Å²) < 4.78 is 11.7. The molecule has 3 aromatic carbocycles. The summed E-state index contributed by atoms with van der Waals surface area (Å²) in [5, 5.41) is 2.21. The molecule has 4 rings (SSSR count). The summed E-state index contributed by atoms with van der Waals surface area (Å²) in [6.07, 6.45) is 1.68. The van der Waals surface area contributed by atoms with Crippen LogP contribution in [0.1, 0.15) is 0 Å². The van der Waals surface area contributed by atoms with Gasteiger partial charge in [0.05, 0.1) is 15.6 Å². The lowest BCUT2D eigenvalue weighted by atomic mass is 10.1. The number of hydrogen-bond donors (Lipinski definition) is 0. The average Bonchev–Trinajstić information content (AvgIpc) is 3.14. The summed E-state index contributed by atoms with van der Waals surface area (Å²) in [7, 11) is -1.01. The number of thiazole rings is 1. The lowest BCUT2D eigenvalue weighted by Crippen LogP contribution is -1.87. The highest BCUT2D eigenvalue weighted by Crippen LogP contribution is 2.42. The number of halogens is 2. The van der Waals surface area contributed by atoms with Crippen LogP contribution in [0.15, 0.2) is 77.7 Å². The Morgan fingerprint density at radius 2 is 1.50 bits per heavy atom. The number of rotatable bonds is 4. The largest absolute Gasteiger partial charge is 0.255 e. The fourth-order valence-corrected chi connectivity index (χ4v) is 4.93. The van der Waals surface area contributed by atoms with E-state index in [0.717, 1.165) is 37.2 Å². The summed E-state index contributed by atoms with van der Waals surface area (Å²) >= 11 is 14.1. The van der Waals surface area contributed by atoms with E-state index in [1.807, 2.05) is 72.8 Å². The second kappa shape index (κ2) is 8.18. The third-order valence-corrected chi connectivity index (χ3v) is 6.95. The van der Waals surface area contributed by atoms with Crippen molar-refractivity contribution in [2.24, 2.45) is 0 Å². The first-order valence-corrected chi connectivity index (χ1v) is 11.6. The molecule has 4 aromatic rings. The van der Waals surface area contributed by atoms with Gasteiger partial charge in [-0.25, -0.2) is 4.98 Å². The van der Waals surface area contributed by atoms with Crippen LogP contribution < -0.4 is 0 Å². The molecule has 140 valence electrons. The molecule has 0 radical (unpaired) electrons. The molecule has 0 spiro atoms. The smallest absolute Gasteiger partial charge is 0.126 e. The molecule has 1 unspecified atom stereocenters. The molecule has 28 heavy (non-hydrogen) atoms. The minimum atomic E-state index is -1.01. The van der Waals surface area contributed by atoms with Crippen molar-refractivity contribution in [3.8, 4) is 32.3 Å². The fraction of sp³-hybridized carbons (Fsp3) is 0.0455. The highest BCUT2D eigenvalue weighted by molar-refractivity contribution is 7.84. The van der Waals surface area contributed by atoms with Gasteiger partial charge in [0, 0.05) is 38.1 Å². The monoisotopic (exact) mass is 443 g/mol. The minimum absolute atomic E-state index is 0.669. The molecule has 0 aliphatic rings. The van der Waals surface area contributed by atoms with Crippen molar-refractivity contribution in [3.05, 3.63) is 82.8 Å². The second-order valence-corrected chi connectivity index (χ2v) is 9.38. The van der Waals surface area contributed by atoms with E-state index in [1.165, 1.54) is 0 Å². The maximum atomic E-state index is 11.7. The van der Waals surface area contributed by atoms with E-state index in [1.54, 1.807) is 17.6 Å². The molecule has 0 fully saturated rings. The normalized spacial score (nSPS) is 12.1. The third-order valence-electron chi connectivity index (χ3n) is 4.30. The van der Waals surface area contributed by atoms with E-state index in [0.29, 0.717) is 10.0 Å². The second-order valence-electron chi connectivity index (χ2n) is 6.16. The van der Waals surface area contributed by atoms with Crippen molar-refractivity contribution in [2.75, 3.05) is 6.26 Å². The molecule has 6 heteroatoms. The lowest BCUT2D eigenvalue weighted by Gasteiger charge is -2.04. The Labute approximate surface area is 180 Å². The molecule has 1 atom stereocenters. The quantitative estimate of drug-likeness (QED) is 0.334. The molecule has 0 aliphatic heterocycles. The van der Waals surface area contributed by atoms with Gasteiger partial charge in [0.2, 0.25) is 0 Å². The first-order chi connectivity index (χ1) is 13.5. The molecular weight excluding hydrogens is 429 g/mol. The molecule has 0 saturated carbocycles. The summed E-state index contributed by atoms with van der Waals surface area (Å²) in [6.45, 7) is 0. The standard InChI is InChI=1S/C22H15Cl2NOS2/c1-28(26)17-12-8-15(9-13-17)21-20(14-6-10-16(23)11-7-14)25-22(27-21)18-4-2-3-5-19(18)24/h2-13H,1H3. The Morgan fingerprint density at radius 3 is 2.14 bits per heavy atom. The van der Waals surface area contributed by atoms with Gasteiger partial charge in [0.25, 0.3) is 0 Å². The zero-order valence-corrected chi connectivity index (χ0v) is 18.0. The molecule has 1 aromatic heterocycles. The fourth-order valence-electron chi connectivity index (χ4n) is 2.87. The van der Waals surface area contributed by atoms with Crippen LogP contribution in [0.25, 0.3) is 32.3 Å². The Balaban J connectivity index is 1.89. The number of aromatic nitrogens is 1. The molecule has 0 amide bonds. The predicted molar refractivity (Wildman–Crippen MR) is 121 cm³/mol.